The number of aryl methyl sites for hydroxylation is 1. The molecule has 0 aliphatic carbocycles. The maximum atomic E-state index is 14.7. The van der Waals surface area contributed by atoms with Gasteiger partial charge in [-0.25, -0.2) is 17.6 Å². The van der Waals surface area contributed by atoms with Crippen molar-refractivity contribution in [2.45, 2.75) is 20.3 Å². The summed E-state index contributed by atoms with van der Waals surface area (Å²) in [5.41, 5.74) is -0.0769. The molecule has 1 heterocycles. The van der Waals surface area contributed by atoms with Gasteiger partial charge in [0.2, 0.25) is 5.62 Å². The van der Waals surface area contributed by atoms with Crippen LogP contribution in [0.15, 0.2) is 36.4 Å². The van der Waals surface area contributed by atoms with Crippen LogP contribution in [-0.4, -0.2) is 28.4 Å². The molecule has 2 N–H and O–H groups in total. The predicted octanol–water partition coefficient (Wildman–Crippen LogP) is 4.35. The number of aromatic nitrogens is 2. The van der Waals surface area contributed by atoms with Crippen molar-refractivity contribution in [3.8, 4) is 0 Å². The molecule has 0 aliphatic rings. The molecular weight excluding hydrogens is 374 g/mol. The predicted molar refractivity (Wildman–Crippen MR) is 98.5 cm³/mol. The van der Waals surface area contributed by atoms with E-state index in [1.165, 1.54) is 38.1 Å². The van der Waals surface area contributed by atoms with Crippen molar-refractivity contribution in [3.05, 3.63) is 59.2 Å². The fourth-order valence-electron chi connectivity index (χ4n) is 3.03. The SMILES string of the molecule is CC(=N)n1c(=N)nc(N(CC(F)F)c2cccc(C)c2F)c2cc(F)ccc21. The van der Waals surface area contributed by atoms with Gasteiger partial charge in [-0.15, -0.1) is 0 Å². The molecule has 146 valence electrons. The van der Waals surface area contributed by atoms with E-state index in [1.54, 1.807) is 0 Å². The second-order valence-electron chi connectivity index (χ2n) is 6.25. The zero-order valence-electron chi connectivity index (χ0n) is 15.1. The number of nitrogens with one attached hydrogen (secondary N) is 2. The van der Waals surface area contributed by atoms with Crippen molar-refractivity contribution in [2.24, 2.45) is 0 Å². The maximum Gasteiger partial charge on any atom is 0.256 e. The van der Waals surface area contributed by atoms with Crippen LogP contribution in [0.25, 0.3) is 10.9 Å². The summed E-state index contributed by atoms with van der Waals surface area (Å²) in [5, 5.41) is 16.1. The third-order valence-corrected chi connectivity index (χ3v) is 4.24. The maximum absolute atomic E-state index is 14.7. The van der Waals surface area contributed by atoms with Crippen LogP contribution >= 0.6 is 0 Å². The number of benzene rings is 2. The number of nitrogens with zero attached hydrogens (tertiary/aromatic N) is 3. The number of alkyl halides is 2. The first-order valence-electron chi connectivity index (χ1n) is 8.34. The second kappa shape index (κ2) is 7.41. The van der Waals surface area contributed by atoms with Crippen molar-refractivity contribution in [1.29, 1.82) is 10.8 Å². The first-order chi connectivity index (χ1) is 13.2. The summed E-state index contributed by atoms with van der Waals surface area (Å²) in [5.74, 6) is -1.59. The minimum Gasteiger partial charge on any atom is -0.317 e. The van der Waals surface area contributed by atoms with E-state index in [0.717, 1.165) is 21.6 Å². The largest absolute Gasteiger partial charge is 0.317 e. The number of halogens is 4. The van der Waals surface area contributed by atoms with Gasteiger partial charge < -0.3 is 4.90 Å². The second-order valence-corrected chi connectivity index (χ2v) is 6.25. The van der Waals surface area contributed by atoms with Crippen LogP contribution in [0.5, 0.6) is 0 Å². The van der Waals surface area contributed by atoms with Gasteiger partial charge in [0.1, 0.15) is 23.3 Å². The highest BCUT2D eigenvalue weighted by atomic mass is 19.3. The van der Waals surface area contributed by atoms with E-state index >= 15 is 0 Å². The van der Waals surface area contributed by atoms with Gasteiger partial charge >= 0.3 is 0 Å². The molecule has 3 aromatic rings. The van der Waals surface area contributed by atoms with E-state index < -0.39 is 30.2 Å². The van der Waals surface area contributed by atoms with Gasteiger partial charge in [0.15, 0.2) is 0 Å². The third kappa shape index (κ3) is 3.47. The van der Waals surface area contributed by atoms with Crippen LogP contribution in [0.1, 0.15) is 12.5 Å². The molecule has 0 radical (unpaired) electrons. The molecule has 0 saturated heterocycles. The highest BCUT2D eigenvalue weighted by molar-refractivity contribution is 5.97. The van der Waals surface area contributed by atoms with E-state index in [-0.39, 0.29) is 33.8 Å². The molecule has 0 bridgehead atoms. The minimum atomic E-state index is -2.84. The van der Waals surface area contributed by atoms with Crippen LogP contribution in [0.3, 0.4) is 0 Å². The summed E-state index contributed by atoms with van der Waals surface area (Å²) < 4.78 is 56.4. The lowest BCUT2D eigenvalue weighted by Gasteiger charge is -2.26. The monoisotopic (exact) mass is 391 g/mol. The topological polar surface area (TPSA) is 68.8 Å². The molecule has 0 atom stereocenters. The van der Waals surface area contributed by atoms with Gasteiger partial charge in [-0.2, -0.15) is 4.98 Å². The first-order valence-corrected chi connectivity index (χ1v) is 8.34. The lowest BCUT2D eigenvalue weighted by molar-refractivity contribution is 0.157. The Hall–Kier alpha value is -3.23. The summed E-state index contributed by atoms with van der Waals surface area (Å²) >= 11 is 0. The Balaban J connectivity index is 2.39. The number of anilines is 2. The standard InChI is InChI=1S/C19H17F4N5/c1-10-4-3-5-15(17(10)23)27(9-16(21)22)18-13-8-12(20)6-7-14(13)28(11(2)24)19(25)26-18/h3-8,16,24-25H,9H2,1-2H3. The molecule has 0 amide bonds. The highest BCUT2D eigenvalue weighted by Crippen LogP contribution is 2.33. The van der Waals surface area contributed by atoms with E-state index in [9.17, 15) is 17.6 Å². The fraction of sp³-hybridized carbons (Fsp3) is 0.211. The quantitative estimate of drug-likeness (QED) is 0.394. The number of hydrogen-bond donors (Lipinski definition) is 2. The van der Waals surface area contributed by atoms with E-state index in [4.69, 9.17) is 10.8 Å². The highest BCUT2D eigenvalue weighted by Gasteiger charge is 2.24. The summed E-state index contributed by atoms with van der Waals surface area (Å²) in [6.07, 6.45) is -2.84. The van der Waals surface area contributed by atoms with Gasteiger partial charge in [0.05, 0.1) is 17.7 Å². The Morgan fingerprint density at radius 2 is 1.93 bits per heavy atom. The smallest absolute Gasteiger partial charge is 0.256 e. The molecule has 0 spiro atoms. The van der Waals surface area contributed by atoms with Crippen LogP contribution in [0.4, 0.5) is 29.1 Å². The summed E-state index contributed by atoms with van der Waals surface area (Å²) in [6.45, 7) is 2.02. The Labute approximate surface area is 157 Å². The van der Waals surface area contributed by atoms with Crippen LogP contribution < -0.4 is 10.5 Å². The van der Waals surface area contributed by atoms with E-state index in [1.807, 2.05) is 0 Å². The van der Waals surface area contributed by atoms with E-state index in [0.29, 0.717) is 0 Å². The van der Waals surface area contributed by atoms with Crippen molar-refractivity contribution < 1.29 is 17.6 Å². The Kier molecular flexibility index (Phi) is 5.17. The number of fused-ring (bicyclic) bond motifs is 1. The van der Waals surface area contributed by atoms with Crippen molar-refractivity contribution in [1.82, 2.24) is 9.55 Å². The molecule has 0 fully saturated rings. The molecule has 28 heavy (non-hydrogen) atoms. The molecular formula is C19H17F4N5. The molecule has 0 aliphatic heterocycles. The molecule has 9 heteroatoms. The Morgan fingerprint density at radius 1 is 1.21 bits per heavy atom. The lowest BCUT2D eigenvalue weighted by atomic mass is 10.1. The Bertz CT molecular complexity index is 1120. The zero-order valence-corrected chi connectivity index (χ0v) is 15.1. The summed E-state index contributed by atoms with van der Waals surface area (Å²) in [6, 6.07) is 7.88. The average Bonchev–Trinajstić information content (AvgIpc) is 2.61. The lowest BCUT2D eigenvalue weighted by Crippen LogP contribution is -2.33. The fourth-order valence-corrected chi connectivity index (χ4v) is 3.03. The third-order valence-electron chi connectivity index (χ3n) is 4.24. The number of hydrogen-bond acceptors (Lipinski definition) is 4. The van der Waals surface area contributed by atoms with Crippen LogP contribution in [0.2, 0.25) is 0 Å². The number of rotatable bonds is 4. The van der Waals surface area contributed by atoms with Gasteiger partial charge in [-0.1, -0.05) is 12.1 Å². The van der Waals surface area contributed by atoms with Gasteiger partial charge in [0, 0.05) is 5.39 Å². The Morgan fingerprint density at radius 3 is 2.57 bits per heavy atom. The minimum absolute atomic E-state index is 0.0530. The van der Waals surface area contributed by atoms with Crippen molar-refractivity contribution >= 4 is 28.2 Å². The zero-order chi connectivity index (χ0) is 20.6. The average molecular weight is 391 g/mol. The molecule has 3 rings (SSSR count). The molecule has 2 aromatic carbocycles. The van der Waals surface area contributed by atoms with Crippen molar-refractivity contribution in [3.63, 3.8) is 0 Å². The summed E-state index contributed by atoms with van der Waals surface area (Å²) in [7, 11) is 0. The molecule has 0 saturated carbocycles. The van der Waals surface area contributed by atoms with Gasteiger partial charge in [0.25, 0.3) is 6.43 Å². The van der Waals surface area contributed by atoms with Crippen LogP contribution in [0, 0.1) is 29.4 Å². The van der Waals surface area contributed by atoms with Crippen LogP contribution in [-0.2, 0) is 0 Å². The molecule has 1 aromatic heterocycles. The van der Waals surface area contributed by atoms with E-state index in [2.05, 4.69) is 4.98 Å². The molecule has 0 unspecified atom stereocenters. The summed E-state index contributed by atoms with van der Waals surface area (Å²) in [4.78, 5) is 4.95. The van der Waals surface area contributed by atoms with Gasteiger partial charge in [-0.05, 0) is 43.7 Å². The normalized spacial score (nSPS) is 11.2. The van der Waals surface area contributed by atoms with Crippen molar-refractivity contribution in [2.75, 3.05) is 11.4 Å². The van der Waals surface area contributed by atoms with Gasteiger partial charge in [-0.3, -0.25) is 15.4 Å². The molecule has 5 nitrogen and oxygen atoms in total. The first kappa shape index (κ1) is 19.5.